The van der Waals surface area contributed by atoms with Crippen LogP contribution < -0.4 is 0 Å². The van der Waals surface area contributed by atoms with Crippen molar-refractivity contribution >= 4 is 0 Å². The number of nitrogens with zero attached hydrogens (tertiary/aromatic N) is 1. The van der Waals surface area contributed by atoms with Crippen LogP contribution in [0.3, 0.4) is 0 Å². The standard InChI is InChI=1S/C11H25NO2/c1-5-10(6-2)12(7-8-13)9-11(3,4)14/h10,13-14H,5-9H2,1-4H3. The van der Waals surface area contributed by atoms with E-state index in [-0.39, 0.29) is 6.61 Å². The molecule has 0 aromatic heterocycles. The molecule has 0 aliphatic heterocycles. The first-order chi connectivity index (χ1) is 6.44. The topological polar surface area (TPSA) is 43.7 Å². The highest BCUT2D eigenvalue weighted by atomic mass is 16.3. The maximum absolute atomic E-state index is 9.73. The van der Waals surface area contributed by atoms with Crippen LogP contribution in [0.4, 0.5) is 0 Å². The highest BCUT2D eigenvalue weighted by Gasteiger charge is 2.22. The number of hydrogen-bond donors (Lipinski definition) is 2. The van der Waals surface area contributed by atoms with Gasteiger partial charge in [0, 0.05) is 19.1 Å². The van der Waals surface area contributed by atoms with E-state index in [1.165, 1.54) is 0 Å². The SMILES string of the molecule is CCC(CC)N(CCO)CC(C)(C)O. The predicted octanol–water partition coefficient (Wildman–Crippen LogP) is 1.24. The molecule has 0 fully saturated rings. The van der Waals surface area contributed by atoms with Crippen LogP contribution in [-0.4, -0.2) is 46.5 Å². The molecule has 14 heavy (non-hydrogen) atoms. The van der Waals surface area contributed by atoms with Crippen LogP contribution in [0.2, 0.25) is 0 Å². The Labute approximate surface area is 87.7 Å². The number of aliphatic hydroxyl groups excluding tert-OH is 1. The van der Waals surface area contributed by atoms with E-state index in [4.69, 9.17) is 5.11 Å². The number of aliphatic hydroxyl groups is 2. The molecule has 0 spiro atoms. The molecule has 0 saturated heterocycles. The molecule has 86 valence electrons. The maximum atomic E-state index is 9.73. The molecule has 0 radical (unpaired) electrons. The quantitative estimate of drug-likeness (QED) is 0.654. The van der Waals surface area contributed by atoms with Gasteiger partial charge in [0.2, 0.25) is 0 Å². The van der Waals surface area contributed by atoms with E-state index in [2.05, 4.69) is 18.7 Å². The van der Waals surface area contributed by atoms with Gasteiger partial charge in [-0.2, -0.15) is 0 Å². The van der Waals surface area contributed by atoms with Crippen LogP contribution in [0.5, 0.6) is 0 Å². The van der Waals surface area contributed by atoms with Gasteiger partial charge in [0.05, 0.1) is 12.2 Å². The van der Waals surface area contributed by atoms with Gasteiger partial charge >= 0.3 is 0 Å². The van der Waals surface area contributed by atoms with Gasteiger partial charge in [-0.3, -0.25) is 4.90 Å². The second-order valence-electron chi connectivity index (χ2n) is 4.48. The van der Waals surface area contributed by atoms with Gasteiger partial charge in [0.25, 0.3) is 0 Å². The summed E-state index contributed by atoms with van der Waals surface area (Å²) in [7, 11) is 0. The molecular formula is C11H25NO2. The molecule has 0 amide bonds. The second kappa shape index (κ2) is 6.38. The lowest BCUT2D eigenvalue weighted by Crippen LogP contribution is -2.45. The van der Waals surface area contributed by atoms with Crippen LogP contribution in [0, 0.1) is 0 Å². The molecular weight excluding hydrogens is 178 g/mol. The summed E-state index contributed by atoms with van der Waals surface area (Å²) >= 11 is 0. The lowest BCUT2D eigenvalue weighted by atomic mass is 10.1. The summed E-state index contributed by atoms with van der Waals surface area (Å²) in [5, 5.41) is 18.7. The van der Waals surface area contributed by atoms with Crippen molar-refractivity contribution in [1.29, 1.82) is 0 Å². The zero-order valence-corrected chi connectivity index (χ0v) is 9.95. The average molecular weight is 203 g/mol. The lowest BCUT2D eigenvalue weighted by Gasteiger charge is -2.34. The van der Waals surface area contributed by atoms with E-state index in [1.807, 2.05) is 0 Å². The minimum atomic E-state index is -0.683. The Morgan fingerprint density at radius 1 is 1.21 bits per heavy atom. The van der Waals surface area contributed by atoms with E-state index in [0.29, 0.717) is 19.1 Å². The van der Waals surface area contributed by atoms with E-state index in [1.54, 1.807) is 13.8 Å². The zero-order valence-electron chi connectivity index (χ0n) is 9.95. The average Bonchev–Trinajstić information content (AvgIpc) is 2.04. The Morgan fingerprint density at radius 3 is 2.00 bits per heavy atom. The van der Waals surface area contributed by atoms with Crippen molar-refractivity contribution in [3.63, 3.8) is 0 Å². The van der Waals surface area contributed by atoms with Crippen molar-refractivity contribution in [2.45, 2.75) is 52.2 Å². The Balaban J connectivity index is 4.26. The number of hydrogen-bond acceptors (Lipinski definition) is 3. The van der Waals surface area contributed by atoms with Crippen molar-refractivity contribution in [3.8, 4) is 0 Å². The fourth-order valence-corrected chi connectivity index (χ4v) is 1.82. The maximum Gasteiger partial charge on any atom is 0.0718 e. The van der Waals surface area contributed by atoms with Gasteiger partial charge in [-0.05, 0) is 26.7 Å². The first kappa shape index (κ1) is 13.9. The van der Waals surface area contributed by atoms with Crippen LogP contribution in [0.1, 0.15) is 40.5 Å². The highest BCUT2D eigenvalue weighted by molar-refractivity contribution is 4.77. The summed E-state index contributed by atoms with van der Waals surface area (Å²) in [6.07, 6.45) is 2.12. The second-order valence-corrected chi connectivity index (χ2v) is 4.48. The predicted molar refractivity (Wildman–Crippen MR) is 59.3 cm³/mol. The molecule has 0 saturated carbocycles. The Hall–Kier alpha value is -0.120. The molecule has 0 bridgehead atoms. The van der Waals surface area contributed by atoms with Gasteiger partial charge in [0.15, 0.2) is 0 Å². The summed E-state index contributed by atoms with van der Waals surface area (Å²) in [4.78, 5) is 2.17. The Bertz CT molecular complexity index is 139. The molecule has 0 aliphatic carbocycles. The summed E-state index contributed by atoms with van der Waals surface area (Å²) in [5.41, 5.74) is -0.683. The molecule has 0 aliphatic rings. The van der Waals surface area contributed by atoms with Crippen molar-refractivity contribution in [1.82, 2.24) is 4.90 Å². The summed E-state index contributed by atoms with van der Waals surface area (Å²) in [6.45, 7) is 9.33. The fourth-order valence-electron chi connectivity index (χ4n) is 1.82. The van der Waals surface area contributed by atoms with Crippen molar-refractivity contribution in [3.05, 3.63) is 0 Å². The van der Waals surface area contributed by atoms with Crippen molar-refractivity contribution in [2.24, 2.45) is 0 Å². The molecule has 3 heteroatoms. The van der Waals surface area contributed by atoms with E-state index in [0.717, 1.165) is 12.8 Å². The van der Waals surface area contributed by atoms with Gasteiger partial charge in [-0.25, -0.2) is 0 Å². The molecule has 2 N–H and O–H groups in total. The van der Waals surface area contributed by atoms with Crippen LogP contribution in [-0.2, 0) is 0 Å². The fraction of sp³-hybridized carbons (Fsp3) is 1.00. The number of rotatable bonds is 7. The molecule has 0 atom stereocenters. The van der Waals surface area contributed by atoms with Crippen LogP contribution >= 0.6 is 0 Å². The molecule has 0 unspecified atom stereocenters. The minimum Gasteiger partial charge on any atom is -0.395 e. The summed E-state index contributed by atoms with van der Waals surface area (Å²) in [6, 6.07) is 0.466. The van der Waals surface area contributed by atoms with E-state index < -0.39 is 5.60 Å². The molecule has 3 nitrogen and oxygen atoms in total. The Kier molecular flexibility index (Phi) is 6.33. The van der Waals surface area contributed by atoms with E-state index >= 15 is 0 Å². The zero-order chi connectivity index (χ0) is 11.2. The van der Waals surface area contributed by atoms with Crippen LogP contribution in [0.25, 0.3) is 0 Å². The third kappa shape index (κ3) is 5.58. The van der Waals surface area contributed by atoms with Gasteiger partial charge in [-0.15, -0.1) is 0 Å². The smallest absolute Gasteiger partial charge is 0.0718 e. The first-order valence-electron chi connectivity index (χ1n) is 5.51. The molecule has 0 aromatic rings. The largest absolute Gasteiger partial charge is 0.395 e. The van der Waals surface area contributed by atoms with Crippen molar-refractivity contribution in [2.75, 3.05) is 19.7 Å². The highest BCUT2D eigenvalue weighted by Crippen LogP contribution is 2.12. The normalized spacial score (nSPS) is 12.9. The first-order valence-corrected chi connectivity index (χ1v) is 5.51. The minimum absolute atomic E-state index is 0.159. The monoisotopic (exact) mass is 203 g/mol. The molecule has 0 rings (SSSR count). The van der Waals surface area contributed by atoms with Gasteiger partial charge in [0.1, 0.15) is 0 Å². The lowest BCUT2D eigenvalue weighted by molar-refractivity contribution is 0.0129. The van der Waals surface area contributed by atoms with Gasteiger partial charge < -0.3 is 10.2 Å². The van der Waals surface area contributed by atoms with Crippen molar-refractivity contribution < 1.29 is 10.2 Å². The molecule has 0 aromatic carbocycles. The summed E-state index contributed by atoms with van der Waals surface area (Å²) < 4.78 is 0. The third-order valence-corrected chi connectivity index (χ3v) is 2.44. The third-order valence-electron chi connectivity index (χ3n) is 2.44. The summed E-state index contributed by atoms with van der Waals surface area (Å²) in [5.74, 6) is 0. The Morgan fingerprint density at radius 2 is 1.71 bits per heavy atom. The van der Waals surface area contributed by atoms with Gasteiger partial charge in [-0.1, -0.05) is 13.8 Å². The molecule has 0 heterocycles. The van der Waals surface area contributed by atoms with Crippen LogP contribution in [0.15, 0.2) is 0 Å². The van der Waals surface area contributed by atoms with E-state index in [9.17, 15) is 5.11 Å².